The Kier molecular flexibility index (Phi) is 8.98. The van der Waals surface area contributed by atoms with Crippen molar-refractivity contribution in [1.29, 1.82) is 0 Å². The van der Waals surface area contributed by atoms with E-state index >= 15 is 0 Å². The van der Waals surface area contributed by atoms with Crippen molar-refractivity contribution in [2.75, 3.05) is 6.54 Å². The molecule has 5 rings (SSSR count). The van der Waals surface area contributed by atoms with E-state index in [2.05, 4.69) is 10.3 Å². The maximum atomic E-state index is 15.0. The molecule has 2 amide bonds. The Hall–Kier alpha value is -2.89. The van der Waals surface area contributed by atoms with Crippen LogP contribution in [0.4, 0.5) is 4.39 Å². The zero-order chi connectivity index (χ0) is 31.1. The van der Waals surface area contributed by atoms with Crippen LogP contribution in [0.3, 0.4) is 0 Å². The highest BCUT2D eigenvalue weighted by Gasteiger charge is 2.59. The summed E-state index contributed by atoms with van der Waals surface area (Å²) in [5.74, 6) is -4.27. The Morgan fingerprint density at radius 3 is 2.47 bits per heavy atom. The second kappa shape index (κ2) is 12.2. The molecule has 2 heterocycles. The zero-order valence-corrected chi connectivity index (χ0v) is 25.9. The molecule has 0 spiro atoms. The van der Waals surface area contributed by atoms with Crippen molar-refractivity contribution in [3.05, 3.63) is 58.1 Å². The Morgan fingerprint density at radius 1 is 1.16 bits per heavy atom. The van der Waals surface area contributed by atoms with Crippen LogP contribution in [0.25, 0.3) is 0 Å². The Labute approximate surface area is 259 Å². The fraction of sp³-hybridized carbons (Fsp3) is 0.500. The van der Waals surface area contributed by atoms with Crippen LogP contribution in [-0.4, -0.2) is 65.6 Å². The van der Waals surface area contributed by atoms with E-state index in [1.54, 1.807) is 6.07 Å². The number of amides is 2. The number of carbonyl (C=O) groups is 4. The first kappa shape index (κ1) is 31.5. The number of sulfone groups is 1. The lowest BCUT2D eigenvalue weighted by Crippen LogP contribution is -2.47. The van der Waals surface area contributed by atoms with E-state index in [0.29, 0.717) is 6.42 Å². The molecule has 1 aliphatic heterocycles. The molecular formula is C30H32Cl2FN3O6S. The number of aromatic nitrogens is 1. The van der Waals surface area contributed by atoms with Gasteiger partial charge in [0, 0.05) is 31.1 Å². The summed E-state index contributed by atoms with van der Waals surface area (Å²) in [4.78, 5) is 58.7. The van der Waals surface area contributed by atoms with E-state index in [9.17, 15) is 32.0 Å². The van der Waals surface area contributed by atoms with Gasteiger partial charge in [0.15, 0.2) is 15.6 Å². The van der Waals surface area contributed by atoms with Gasteiger partial charge in [-0.25, -0.2) is 12.8 Å². The van der Waals surface area contributed by atoms with Gasteiger partial charge in [0.25, 0.3) is 5.91 Å². The molecule has 1 saturated heterocycles. The number of nitrogens with zero attached hydrogens (tertiary/aromatic N) is 2. The standard InChI is InChI=1S/C30H32Cl2FN3O6S/c1-2-5-17(26(38)28(39)35-19-8-9-19)12-24(37)23-14-20(43(41,42)25-7-4-3-6-21(25)32)16-36(23)29(40)30(10-11-30)27-22(33)13-18(31)15-34-27/h3-4,6-7,13,15,17,19-20,23H,2,5,8-12,14,16H2,1H3,(H,35,39)/t17-,20-,23+/m1/s1. The number of hydrogen-bond acceptors (Lipinski definition) is 7. The van der Waals surface area contributed by atoms with Crippen LogP contribution in [0.1, 0.15) is 64.0 Å². The van der Waals surface area contributed by atoms with Gasteiger partial charge in [0.1, 0.15) is 5.82 Å². The number of halogens is 3. The number of benzene rings is 1. The van der Waals surface area contributed by atoms with Gasteiger partial charge in [0.05, 0.1) is 37.3 Å². The number of Topliss-reactive ketones (excluding diaryl/α,β-unsaturated/α-hetero) is 2. The van der Waals surface area contributed by atoms with Gasteiger partial charge < -0.3 is 10.2 Å². The maximum absolute atomic E-state index is 15.0. The molecule has 1 aromatic heterocycles. The molecule has 0 radical (unpaired) electrons. The van der Waals surface area contributed by atoms with Crippen molar-refractivity contribution in [3.63, 3.8) is 0 Å². The van der Waals surface area contributed by atoms with E-state index in [1.165, 1.54) is 29.3 Å². The molecule has 2 saturated carbocycles. The van der Waals surface area contributed by atoms with Crippen LogP contribution in [0.15, 0.2) is 41.4 Å². The van der Waals surface area contributed by atoms with Gasteiger partial charge in [-0.15, -0.1) is 0 Å². The van der Waals surface area contributed by atoms with Gasteiger partial charge >= 0.3 is 0 Å². The van der Waals surface area contributed by atoms with Crippen molar-refractivity contribution in [1.82, 2.24) is 15.2 Å². The Bertz CT molecular complexity index is 1580. The van der Waals surface area contributed by atoms with Gasteiger partial charge in [-0.1, -0.05) is 48.7 Å². The summed E-state index contributed by atoms with van der Waals surface area (Å²) < 4.78 is 42.4. The minimum Gasteiger partial charge on any atom is -0.347 e. The molecule has 9 nitrogen and oxygen atoms in total. The lowest BCUT2D eigenvalue weighted by atomic mass is 9.89. The lowest BCUT2D eigenvalue weighted by Gasteiger charge is -2.29. The number of rotatable bonds is 12. The SMILES string of the molecule is CCC[C@H](CC(=O)[C@@H]1C[C@@H](S(=O)(=O)c2ccccc2Cl)CN1C(=O)C1(c2ncc(Cl)cc2F)CC1)C(=O)C(=O)NC1CC1. The minimum absolute atomic E-state index is 0.0107. The fourth-order valence-electron chi connectivity index (χ4n) is 5.85. The summed E-state index contributed by atoms with van der Waals surface area (Å²) in [5.41, 5.74) is -1.47. The quantitative estimate of drug-likeness (QED) is 0.340. The molecule has 3 aliphatic rings. The number of likely N-dealkylation sites (tertiary alicyclic amines) is 1. The smallest absolute Gasteiger partial charge is 0.287 e. The highest BCUT2D eigenvalue weighted by atomic mass is 35.5. The summed E-state index contributed by atoms with van der Waals surface area (Å²) in [7, 11) is -4.10. The fourth-order valence-corrected chi connectivity index (χ4v) is 8.21. The average Bonchev–Trinajstić information content (AvgIpc) is 3.90. The summed E-state index contributed by atoms with van der Waals surface area (Å²) in [6, 6.07) is 5.74. The molecule has 0 unspecified atom stereocenters. The first-order chi connectivity index (χ1) is 20.4. The largest absolute Gasteiger partial charge is 0.347 e. The first-order valence-corrected chi connectivity index (χ1v) is 16.7. The van der Waals surface area contributed by atoms with E-state index in [0.717, 1.165) is 18.9 Å². The zero-order valence-electron chi connectivity index (χ0n) is 23.5. The van der Waals surface area contributed by atoms with Crippen molar-refractivity contribution < 1.29 is 32.0 Å². The van der Waals surface area contributed by atoms with Crippen molar-refractivity contribution in [2.24, 2.45) is 5.92 Å². The molecule has 1 N–H and O–H groups in total. The lowest BCUT2D eigenvalue weighted by molar-refractivity contribution is -0.143. The second-order valence-electron chi connectivity index (χ2n) is 11.6. The monoisotopic (exact) mass is 651 g/mol. The summed E-state index contributed by atoms with van der Waals surface area (Å²) in [6.45, 7) is 1.50. The van der Waals surface area contributed by atoms with Crippen LogP contribution in [-0.2, 0) is 34.4 Å². The van der Waals surface area contributed by atoms with Crippen molar-refractivity contribution >= 4 is 56.4 Å². The number of nitrogens with one attached hydrogen (secondary N) is 1. The molecule has 13 heteroatoms. The Balaban J connectivity index is 1.46. The molecule has 43 heavy (non-hydrogen) atoms. The molecule has 3 fully saturated rings. The van der Waals surface area contributed by atoms with Crippen molar-refractivity contribution in [2.45, 2.75) is 85.9 Å². The topological polar surface area (TPSA) is 131 Å². The maximum Gasteiger partial charge on any atom is 0.287 e. The van der Waals surface area contributed by atoms with E-state index < -0.39 is 61.7 Å². The molecule has 0 bridgehead atoms. The van der Waals surface area contributed by atoms with E-state index in [4.69, 9.17) is 23.2 Å². The number of hydrogen-bond donors (Lipinski definition) is 1. The molecule has 1 aromatic carbocycles. The first-order valence-electron chi connectivity index (χ1n) is 14.4. The van der Waals surface area contributed by atoms with Gasteiger partial charge in [0.2, 0.25) is 11.7 Å². The normalized spacial score (nSPS) is 21.7. The predicted molar refractivity (Wildman–Crippen MR) is 157 cm³/mol. The van der Waals surface area contributed by atoms with Crippen LogP contribution < -0.4 is 5.32 Å². The third-order valence-electron chi connectivity index (χ3n) is 8.49. The van der Waals surface area contributed by atoms with Gasteiger partial charge in [-0.05, 0) is 56.7 Å². The summed E-state index contributed by atoms with van der Waals surface area (Å²) >= 11 is 12.1. The molecule has 2 aliphatic carbocycles. The minimum atomic E-state index is -4.10. The molecule has 3 atom stereocenters. The van der Waals surface area contributed by atoms with Crippen LogP contribution >= 0.6 is 23.2 Å². The van der Waals surface area contributed by atoms with Gasteiger partial charge in [-0.2, -0.15) is 0 Å². The summed E-state index contributed by atoms with van der Waals surface area (Å²) in [6.07, 6.45) is 3.58. The van der Waals surface area contributed by atoms with Gasteiger partial charge in [-0.3, -0.25) is 24.2 Å². The van der Waals surface area contributed by atoms with Crippen molar-refractivity contribution in [3.8, 4) is 0 Å². The highest BCUT2D eigenvalue weighted by molar-refractivity contribution is 7.92. The Morgan fingerprint density at radius 2 is 1.86 bits per heavy atom. The second-order valence-corrected chi connectivity index (χ2v) is 14.7. The third-order valence-corrected chi connectivity index (χ3v) is 11.3. The third kappa shape index (κ3) is 6.35. The predicted octanol–water partition coefficient (Wildman–Crippen LogP) is 4.23. The number of ketones is 2. The summed E-state index contributed by atoms with van der Waals surface area (Å²) in [5, 5.41) is 1.55. The van der Waals surface area contributed by atoms with Crippen LogP contribution in [0.2, 0.25) is 10.0 Å². The highest BCUT2D eigenvalue weighted by Crippen LogP contribution is 2.51. The van der Waals surface area contributed by atoms with E-state index in [-0.39, 0.29) is 65.3 Å². The van der Waals surface area contributed by atoms with E-state index in [1.807, 2.05) is 6.92 Å². The van der Waals surface area contributed by atoms with Crippen LogP contribution in [0.5, 0.6) is 0 Å². The average molecular weight is 653 g/mol. The van der Waals surface area contributed by atoms with Crippen LogP contribution in [0, 0.1) is 11.7 Å². The molecule has 2 aromatic rings. The molecule has 230 valence electrons. The molecular weight excluding hydrogens is 620 g/mol. The number of carbonyl (C=O) groups excluding carboxylic acids is 4. The number of pyridine rings is 1.